The van der Waals surface area contributed by atoms with Gasteiger partial charge in [-0.25, -0.2) is 14.2 Å². The number of alkyl halides is 1. The summed E-state index contributed by atoms with van der Waals surface area (Å²) in [5.74, 6) is 0.624. The zero-order valence-electron chi connectivity index (χ0n) is 23.9. The number of fused-ring (bicyclic) bond motifs is 2. The van der Waals surface area contributed by atoms with Crippen LogP contribution in [-0.4, -0.2) is 80.9 Å². The number of hydrogen-bond donors (Lipinski definition) is 1. The molecule has 0 bridgehead atoms. The summed E-state index contributed by atoms with van der Waals surface area (Å²) in [5.41, 5.74) is 3.02. The predicted octanol–water partition coefficient (Wildman–Crippen LogP) is 5.34. The molecule has 9 nitrogen and oxygen atoms in total. The second-order valence-corrected chi connectivity index (χ2v) is 11.9. The van der Waals surface area contributed by atoms with Gasteiger partial charge in [0.1, 0.15) is 24.0 Å². The van der Waals surface area contributed by atoms with Crippen LogP contribution in [0.3, 0.4) is 0 Å². The van der Waals surface area contributed by atoms with Crippen LogP contribution in [0, 0.1) is 5.92 Å². The third kappa shape index (κ3) is 6.11. The van der Waals surface area contributed by atoms with Crippen molar-refractivity contribution >= 4 is 40.1 Å². The SMILES string of the molecule is CCOC(=O)C(c1ncn2c1C[C@@H](F)C2)n1cc2c(Cl)cc(-c3ccc(OCCN4CCC(CO)CC4)cc3)c(Cl)c2n1. The number of carbonyl (C=O) groups excluding carboxylic acids is 1. The third-order valence-electron chi connectivity index (χ3n) is 8.33. The molecule has 0 aliphatic carbocycles. The van der Waals surface area contributed by atoms with Gasteiger partial charge in [-0.3, -0.25) is 9.58 Å². The minimum atomic E-state index is -1.03. The number of aliphatic hydroxyl groups is 1. The second-order valence-electron chi connectivity index (χ2n) is 11.1. The minimum Gasteiger partial charge on any atom is -0.492 e. The number of rotatable bonds is 10. The van der Waals surface area contributed by atoms with E-state index in [4.69, 9.17) is 32.7 Å². The normalized spacial score (nSPS) is 18.2. The van der Waals surface area contributed by atoms with Gasteiger partial charge in [0.25, 0.3) is 0 Å². The molecule has 0 spiro atoms. The molecule has 43 heavy (non-hydrogen) atoms. The van der Waals surface area contributed by atoms with E-state index in [0.717, 1.165) is 43.8 Å². The number of esters is 1. The quantitative estimate of drug-likeness (QED) is 0.237. The maximum Gasteiger partial charge on any atom is 0.337 e. The Morgan fingerprint density at radius 2 is 1.98 bits per heavy atom. The first-order valence-electron chi connectivity index (χ1n) is 14.6. The summed E-state index contributed by atoms with van der Waals surface area (Å²) in [6.07, 6.45) is 4.38. The Kier molecular flexibility index (Phi) is 8.90. The van der Waals surface area contributed by atoms with Gasteiger partial charge in [-0.2, -0.15) is 5.10 Å². The Labute approximate surface area is 259 Å². The number of aromatic nitrogens is 4. The van der Waals surface area contributed by atoms with Crippen LogP contribution in [0.2, 0.25) is 10.0 Å². The lowest BCUT2D eigenvalue weighted by molar-refractivity contribution is -0.146. The molecular weight excluding hydrogens is 596 g/mol. The first-order chi connectivity index (χ1) is 20.9. The summed E-state index contributed by atoms with van der Waals surface area (Å²) in [5, 5.41) is 15.4. The summed E-state index contributed by atoms with van der Waals surface area (Å²) in [6.45, 7) is 5.74. The van der Waals surface area contributed by atoms with Crippen molar-refractivity contribution in [2.24, 2.45) is 5.92 Å². The number of halogens is 3. The van der Waals surface area contributed by atoms with Crippen molar-refractivity contribution in [2.75, 3.05) is 39.5 Å². The van der Waals surface area contributed by atoms with Crippen molar-refractivity contribution in [3.8, 4) is 16.9 Å². The Hall–Kier alpha value is -3.18. The summed E-state index contributed by atoms with van der Waals surface area (Å²) in [7, 11) is 0. The zero-order chi connectivity index (χ0) is 30.1. The van der Waals surface area contributed by atoms with Gasteiger partial charge < -0.3 is 19.1 Å². The molecule has 2 aromatic heterocycles. The van der Waals surface area contributed by atoms with Crippen LogP contribution < -0.4 is 4.74 Å². The number of likely N-dealkylation sites (tertiary alicyclic amines) is 1. The molecule has 0 radical (unpaired) electrons. The van der Waals surface area contributed by atoms with Gasteiger partial charge in [-0.1, -0.05) is 35.3 Å². The average molecular weight is 631 g/mol. The van der Waals surface area contributed by atoms with E-state index in [-0.39, 0.29) is 26.2 Å². The van der Waals surface area contributed by atoms with E-state index in [0.29, 0.717) is 50.4 Å². The predicted molar refractivity (Wildman–Crippen MR) is 163 cm³/mol. The van der Waals surface area contributed by atoms with Crippen molar-refractivity contribution in [1.29, 1.82) is 0 Å². The average Bonchev–Trinajstić information content (AvgIpc) is 3.72. The number of piperidine rings is 1. The zero-order valence-corrected chi connectivity index (χ0v) is 25.4. The van der Waals surface area contributed by atoms with E-state index in [1.165, 1.54) is 4.68 Å². The summed E-state index contributed by atoms with van der Waals surface area (Å²) < 4.78 is 28.7. The van der Waals surface area contributed by atoms with Crippen LogP contribution in [0.15, 0.2) is 42.9 Å². The Morgan fingerprint density at radius 1 is 1.21 bits per heavy atom. The fraction of sp³-hybridized carbons (Fsp3) is 0.452. The monoisotopic (exact) mass is 629 g/mol. The number of ether oxygens (including phenoxy) is 2. The number of nitrogens with zero attached hydrogens (tertiary/aromatic N) is 5. The number of carbonyl (C=O) groups is 1. The molecule has 2 aliphatic rings. The van der Waals surface area contributed by atoms with Crippen LogP contribution in [0.1, 0.15) is 37.2 Å². The van der Waals surface area contributed by atoms with Crippen LogP contribution in [0.5, 0.6) is 5.75 Å². The lowest BCUT2D eigenvalue weighted by Gasteiger charge is -2.30. The third-order valence-corrected chi connectivity index (χ3v) is 9.03. The Balaban J connectivity index is 1.22. The van der Waals surface area contributed by atoms with Gasteiger partial charge >= 0.3 is 5.97 Å². The highest BCUT2D eigenvalue weighted by Crippen LogP contribution is 2.40. The highest BCUT2D eigenvalue weighted by atomic mass is 35.5. The van der Waals surface area contributed by atoms with Gasteiger partial charge in [0.2, 0.25) is 0 Å². The molecule has 1 unspecified atom stereocenters. The highest BCUT2D eigenvalue weighted by molar-refractivity contribution is 6.42. The van der Waals surface area contributed by atoms with E-state index >= 15 is 0 Å². The van der Waals surface area contributed by atoms with Crippen molar-refractivity contribution in [3.63, 3.8) is 0 Å². The first kappa shape index (κ1) is 29.9. The van der Waals surface area contributed by atoms with Gasteiger partial charge in [-0.05, 0) is 62.5 Å². The molecule has 1 saturated heterocycles. The topological polar surface area (TPSA) is 94.6 Å². The molecular formula is C31H34Cl2FN5O4. The Morgan fingerprint density at radius 3 is 2.70 bits per heavy atom. The molecule has 4 heterocycles. The van der Waals surface area contributed by atoms with Crippen molar-refractivity contribution in [1.82, 2.24) is 24.2 Å². The van der Waals surface area contributed by atoms with Crippen LogP contribution in [0.25, 0.3) is 22.0 Å². The lowest BCUT2D eigenvalue weighted by atomic mass is 9.98. The maximum atomic E-state index is 14.2. The fourth-order valence-electron chi connectivity index (χ4n) is 5.97. The molecule has 228 valence electrons. The summed E-state index contributed by atoms with van der Waals surface area (Å²) in [4.78, 5) is 20.0. The smallest absolute Gasteiger partial charge is 0.337 e. The Bertz CT molecular complexity index is 1600. The van der Waals surface area contributed by atoms with E-state index in [1.807, 2.05) is 24.3 Å². The van der Waals surface area contributed by atoms with Gasteiger partial charge in [0, 0.05) is 42.4 Å². The number of hydrogen-bond acceptors (Lipinski definition) is 7. The van der Waals surface area contributed by atoms with Gasteiger partial charge in [0.05, 0.1) is 35.2 Å². The molecule has 2 aromatic carbocycles. The van der Waals surface area contributed by atoms with Crippen LogP contribution in [0.4, 0.5) is 4.39 Å². The van der Waals surface area contributed by atoms with E-state index in [1.54, 1.807) is 30.1 Å². The molecule has 2 atom stereocenters. The maximum absolute atomic E-state index is 14.2. The second kappa shape index (κ2) is 12.8. The van der Waals surface area contributed by atoms with Gasteiger partial charge in [0.15, 0.2) is 6.04 Å². The summed E-state index contributed by atoms with van der Waals surface area (Å²) in [6, 6.07) is 8.41. The van der Waals surface area contributed by atoms with Crippen molar-refractivity contribution in [3.05, 3.63) is 64.3 Å². The number of aliphatic hydroxyl groups excluding tert-OH is 1. The van der Waals surface area contributed by atoms with Crippen LogP contribution >= 0.6 is 23.2 Å². The van der Waals surface area contributed by atoms with Crippen molar-refractivity contribution < 1.29 is 23.8 Å². The molecule has 6 rings (SSSR count). The molecule has 12 heteroatoms. The molecule has 0 amide bonds. The lowest BCUT2D eigenvalue weighted by Crippen LogP contribution is -2.37. The van der Waals surface area contributed by atoms with E-state index in [2.05, 4.69) is 15.0 Å². The van der Waals surface area contributed by atoms with Gasteiger partial charge in [-0.15, -0.1) is 0 Å². The van der Waals surface area contributed by atoms with E-state index in [9.17, 15) is 14.3 Å². The largest absolute Gasteiger partial charge is 0.492 e. The minimum absolute atomic E-state index is 0.167. The number of benzene rings is 2. The fourth-order valence-corrected chi connectivity index (χ4v) is 6.52. The summed E-state index contributed by atoms with van der Waals surface area (Å²) >= 11 is 13.6. The molecule has 4 aromatic rings. The van der Waals surface area contributed by atoms with Crippen molar-refractivity contribution in [2.45, 2.75) is 44.9 Å². The van der Waals surface area contributed by atoms with E-state index < -0.39 is 18.2 Å². The number of imidazole rings is 1. The van der Waals surface area contributed by atoms with Crippen LogP contribution in [-0.2, 0) is 22.5 Å². The highest BCUT2D eigenvalue weighted by Gasteiger charge is 2.35. The molecule has 1 fully saturated rings. The molecule has 1 N–H and O–H groups in total. The molecule has 0 saturated carbocycles. The molecule has 2 aliphatic heterocycles. The standard InChI is InChI=1S/C31H34Cl2FN5O4/c1-2-42-31(41)30(29-26-13-21(34)15-38(26)18-35-29)39-16-24-25(32)14-23(27(33)28(24)36-39)20-3-5-22(6-4-20)43-12-11-37-9-7-19(17-40)8-10-37/h3-6,14,16,18-19,21,30,40H,2,7-13,15,17H2,1H3/t21-,30?/m1/s1. The first-order valence-corrected chi connectivity index (χ1v) is 15.4.